The Morgan fingerprint density at radius 2 is 1.00 bits per heavy atom. The molecule has 2 unspecified atom stereocenters. The highest BCUT2D eigenvalue weighted by atomic mass is 79.9. The maximum Gasteiger partial charge on any atom is 0.307 e. The number of carbonyl (C=O) groups excluding carboxylic acids is 2. The first-order chi connectivity index (χ1) is 11.1. The summed E-state index contributed by atoms with van der Waals surface area (Å²) in [7, 11) is 0. The normalized spacial score (nSPS) is 14.8. The number of hydrogen-bond donors (Lipinski definition) is 0. The summed E-state index contributed by atoms with van der Waals surface area (Å²) in [5, 5.41) is -0.884. The largest absolute Gasteiger partial charge is 0.449 e. The Bertz CT molecular complexity index is 371. The summed E-state index contributed by atoms with van der Waals surface area (Å²) in [6.45, 7) is 8.06. The fourth-order valence-electron chi connectivity index (χ4n) is 1.91. The predicted molar refractivity (Wildman–Crippen MR) is 111 cm³/mol. The molecule has 4 nitrogen and oxygen atoms in total. The minimum Gasteiger partial charge on any atom is -0.449 e. The molecule has 0 rings (SSSR count). The molecule has 0 amide bonds. The van der Waals surface area contributed by atoms with Crippen LogP contribution in [0.5, 0.6) is 0 Å². The predicted octanol–water partition coefficient (Wildman–Crippen LogP) is 6.20. The molecule has 0 aromatic carbocycles. The van der Waals surface area contributed by atoms with Crippen LogP contribution in [0.25, 0.3) is 0 Å². The summed E-state index contributed by atoms with van der Waals surface area (Å²) in [4.78, 5) is 23.9. The van der Waals surface area contributed by atoms with Crippen LogP contribution in [-0.4, -0.2) is 30.6 Å². The number of carbonyl (C=O) groups is 2. The van der Waals surface area contributed by atoms with Gasteiger partial charge in [-0.05, 0) is 57.5 Å². The van der Waals surface area contributed by atoms with E-state index in [0.29, 0.717) is 0 Å². The summed E-state index contributed by atoms with van der Waals surface area (Å²) in [5.41, 5.74) is 0. The van der Waals surface area contributed by atoms with E-state index in [1.54, 1.807) is 0 Å². The number of alkyl halides is 4. The van der Waals surface area contributed by atoms with Crippen LogP contribution in [-0.2, 0) is 19.1 Å². The second-order valence-corrected chi connectivity index (χ2v) is 10.4. The first-order valence-corrected chi connectivity index (χ1v) is 11.5. The molecule has 0 fully saturated rings. The number of hydrogen-bond acceptors (Lipinski definition) is 4. The van der Waals surface area contributed by atoms with Crippen molar-refractivity contribution in [1.82, 2.24) is 0 Å². The zero-order valence-corrected chi connectivity index (χ0v) is 20.9. The van der Waals surface area contributed by atoms with Crippen LogP contribution in [0.2, 0.25) is 0 Å². The Morgan fingerprint density at radius 3 is 1.21 bits per heavy atom. The number of halogens is 4. The Balaban J connectivity index is 4.39. The van der Waals surface area contributed by atoms with Crippen molar-refractivity contribution in [2.24, 2.45) is 0 Å². The molecule has 0 aliphatic carbocycles. The third-order valence-corrected chi connectivity index (χ3v) is 10.6. The molecule has 0 heterocycles. The van der Waals surface area contributed by atoms with Gasteiger partial charge in [0.05, 0.1) is 21.5 Å². The molecule has 0 spiro atoms. The van der Waals surface area contributed by atoms with E-state index >= 15 is 0 Å². The van der Waals surface area contributed by atoms with Crippen molar-refractivity contribution in [2.75, 3.05) is 0 Å². The Kier molecular flexibility index (Phi) is 12.0. The van der Waals surface area contributed by atoms with Gasteiger partial charge in [-0.3, -0.25) is 9.59 Å². The van der Waals surface area contributed by atoms with Crippen molar-refractivity contribution in [3.63, 3.8) is 0 Å². The lowest BCUT2D eigenvalue weighted by Crippen LogP contribution is -2.35. The van der Waals surface area contributed by atoms with Crippen LogP contribution in [0.1, 0.15) is 66.2 Å². The van der Waals surface area contributed by atoms with Gasteiger partial charge < -0.3 is 9.47 Å². The fourth-order valence-corrected chi connectivity index (χ4v) is 3.80. The van der Waals surface area contributed by atoms with Crippen molar-refractivity contribution in [3.8, 4) is 0 Å². The van der Waals surface area contributed by atoms with Gasteiger partial charge in [0.15, 0.2) is 10.0 Å². The standard InChI is InChI=1S/C16H26Br4O4/c1-5-15(19,6-2)13(17)23-11(21)9-10-12(22)24-14(18)16(20,7-3)8-4/h13-14H,5-10H2,1-4H3. The smallest absolute Gasteiger partial charge is 0.307 e. The van der Waals surface area contributed by atoms with Gasteiger partial charge in [0.25, 0.3) is 0 Å². The van der Waals surface area contributed by atoms with E-state index in [4.69, 9.17) is 9.47 Å². The van der Waals surface area contributed by atoms with Crippen molar-refractivity contribution in [1.29, 1.82) is 0 Å². The highest BCUT2D eigenvalue weighted by Gasteiger charge is 2.35. The molecule has 0 N–H and O–H groups in total. The average Bonchev–Trinajstić information content (AvgIpc) is 2.58. The molecule has 0 aliphatic rings. The third kappa shape index (κ3) is 7.62. The summed E-state index contributed by atoms with van der Waals surface area (Å²) in [6.07, 6.45) is 3.21. The van der Waals surface area contributed by atoms with Gasteiger partial charge >= 0.3 is 11.9 Å². The summed E-state index contributed by atoms with van der Waals surface area (Å²) >= 11 is 14.0. The molecule has 0 aliphatic heterocycles. The first-order valence-electron chi connectivity index (χ1n) is 8.13. The lowest BCUT2D eigenvalue weighted by atomic mass is 10.0. The summed E-state index contributed by atoms with van der Waals surface area (Å²) in [5.74, 6) is -0.858. The molecule has 2 atom stereocenters. The van der Waals surface area contributed by atoms with Crippen LogP contribution in [0, 0.1) is 0 Å². The summed E-state index contributed by atoms with van der Waals surface area (Å²) in [6, 6.07) is 0. The van der Waals surface area contributed by atoms with Gasteiger partial charge in [-0.2, -0.15) is 0 Å². The summed E-state index contributed by atoms with van der Waals surface area (Å²) < 4.78 is 10.1. The van der Waals surface area contributed by atoms with E-state index < -0.39 is 22.0 Å². The van der Waals surface area contributed by atoms with Crippen molar-refractivity contribution >= 4 is 75.7 Å². The van der Waals surface area contributed by atoms with Gasteiger partial charge in [-0.15, -0.1) is 0 Å². The molecule has 142 valence electrons. The molecule has 24 heavy (non-hydrogen) atoms. The fraction of sp³-hybridized carbons (Fsp3) is 0.875. The Hall–Kier alpha value is 0.860. The molecular weight excluding hydrogens is 576 g/mol. The topological polar surface area (TPSA) is 52.6 Å². The maximum atomic E-state index is 11.9. The average molecular weight is 602 g/mol. The monoisotopic (exact) mass is 598 g/mol. The minimum absolute atomic E-state index is 0.00923. The molecular formula is C16H26Br4O4. The maximum absolute atomic E-state index is 11.9. The first kappa shape index (κ1) is 24.9. The van der Waals surface area contributed by atoms with Crippen LogP contribution < -0.4 is 0 Å². The number of rotatable bonds is 11. The number of ether oxygens (including phenoxy) is 2. The number of esters is 2. The van der Waals surface area contributed by atoms with Crippen molar-refractivity contribution in [3.05, 3.63) is 0 Å². The van der Waals surface area contributed by atoms with Crippen LogP contribution >= 0.6 is 63.7 Å². The quantitative estimate of drug-likeness (QED) is 0.209. The molecule has 0 saturated carbocycles. The second-order valence-electron chi connectivity index (χ2n) is 5.60. The van der Waals surface area contributed by atoms with Gasteiger partial charge in [0, 0.05) is 0 Å². The second kappa shape index (κ2) is 11.5. The molecule has 8 heteroatoms. The highest BCUT2D eigenvalue weighted by molar-refractivity contribution is 9.13. The third-order valence-electron chi connectivity index (χ3n) is 4.17. The van der Waals surface area contributed by atoms with Crippen LogP contribution in [0.3, 0.4) is 0 Å². The zero-order chi connectivity index (χ0) is 19.0. The van der Waals surface area contributed by atoms with E-state index in [2.05, 4.69) is 63.7 Å². The van der Waals surface area contributed by atoms with Gasteiger partial charge in [-0.25, -0.2) is 0 Å². The van der Waals surface area contributed by atoms with Gasteiger partial charge in [0.1, 0.15) is 0 Å². The van der Waals surface area contributed by atoms with Crippen LogP contribution in [0.4, 0.5) is 0 Å². The Labute approximate surface area is 178 Å². The SMILES string of the molecule is CCC(Br)(CC)C(Br)OC(=O)CCC(=O)OC(Br)C(Br)(CC)CC. The van der Waals surface area contributed by atoms with E-state index in [-0.39, 0.29) is 21.5 Å². The van der Waals surface area contributed by atoms with Gasteiger partial charge in [0.2, 0.25) is 0 Å². The molecule has 0 saturated heterocycles. The van der Waals surface area contributed by atoms with E-state index in [1.807, 2.05) is 27.7 Å². The molecule has 0 aromatic rings. The van der Waals surface area contributed by atoms with Crippen molar-refractivity contribution < 1.29 is 19.1 Å². The lowest BCUT2D eigenvalue weighted by molar-refractivity contribution is -0.152. The van der Waals surface area contributed by atoms with E-state index in [9.17, 15) is 9.59 Å². The van der Waals surface area contributed by atoms with E-state index in [1.165, 1.54) is 0 Å². The lowest BCUT2D eigenvalue weighted by Gasteiger charge is -2.30. The Morgan fingerprint density at radius 1 is 0.750 bits per heavy atom. The molecule has 0 aromatic heterocycles. The van der Waals surface area contributed by atoms with Crippen LogP contribution in [0.15, 0.2) is 0 Å². The molecule has 0 radical (unpaired) electrons. The zero-order valence-electron chi connectivity index (χ0n) is 14.5. The van der Waals surface area contributed by atoms with E-state index in [0.717, 1.165) is 25.7 Å². The molecule has 0 bridgehead atoms. The van der Waals surface area contributed by atoms with Gasteiger partial charge in [-0.1, -0.05) is 59.6 Å². The minimum atomic E-state index is -0.442. The van der Waals surface area contributed by atoms with Crippen molar-refractivity contribution in [2.45, 2.75) is 84.9 Å². The highest BCUT2D eigenvalue weighted by Crippen LogP contribution is 2.37.